The Hall–Kier alpha value is -4.33. The van der Waals surface area contributed by atoms with Crippen LogP contribution in [-0.4, -0.2) is 51.3 Å². The number of carbonyl (C=O) groups is 2. The van der Waals surface area contributed by atoms with Gasteiger partial charge in [-0.2, -0.15) is 0 Å². The topological polar surface area (TPSA) is 96.8 Å². The summed E-state index contributed by atoms with van der Waals surface area (Å²) in [7, 11) is 1.91. The van der Waals surface area contributed by atoms with Gasteiger partial charge in [-0.3, -0.25) is 9.79 Å². The molecular weight excluding hydrogens is 574 g/mol. The summed E-state index contributed by atoms with van der Waals surface area (Å²) >= 11 is 0. The van der Waals surface area contributed by atoms with E-state index >= 15 is 0 Å². The first-order valence-electron chi connectivity index (χ1n) is 16.5. The summed E-state index contributed by atoms with van der Waals surface area (Å²) in [4.78, 5) is 42.8. The highest BCUT2D eigenvalue weighted by Crippen LogP contribution is 2.51. The average molecular weight is 618 g/mol. The molecule has 8 nitrogen and oxygen atoms in total. The number of alkyl carbamates (subject to hydrolysis) is 1. The minimum Gasteiger partial charge on any atom is -0.444 e. The number of fused-ring (bicyclic) bond motifs is 5. The third kappa shape index (κ3) is 5.52. The molecule has 4 atom stereocenters. The third-order valence-corrected chi connectivity index (χ3v) is 10.2. The molecule has 238 valence electrons. The molecule has 7 rings (SSSR count). The number of hydrogen-bond acceptors (Lipinski definition) is 6. The van der Waals surface area contributed by atoms with Gasteiger partial charge in [0, 0.05) is 47.8 Å². The molecule has 2 aliphatic heterocycles. The number of amides is 2. The lowest BCUT2D eigenvalue weighted by molar-refractivity contribution is 0.0364. The highest BCUT2D eigenvalue weighted by atomic mass is 16.6. The molecule has 46 heavy (non-hydrogen) atoms. The highest BCUT2D eigenvalue weighted by molar-refractivity contribution is 6.02. The van der Waals surface area contributed by atoms with Crippen LogP contribution < -0.4 is 5.32 Å². The second-order valence-corrected chi connectivity index (χ2v) is 14.6. The Morgan fingerprint density at radius 2 is 1.80 bits per heavy atom. The standard InChI is InChI=1S/C38H43N5O3/c1-22-17-30(22)28-9-7-10-29-33(28)26-12-11-25-18-24(13-14-31(25)41-23(2)32(19-26)43(6)34(29)44)27-20-39-35(40-21-27)38(15-8-16-38)42-36(45)46-37(3,4)5/h7,9-14,18,20-22,26,30,32H,8,15-17,19H2,1-6H3,(H,42,45)/b12-11+,41-23?/t22-,26+,30?,32+/m0/s1. The molecule has 8 heteroatoms. The predicted molar refractivity (Wildman–Crippen MR) is 180 cm³/mol. The predicted octanol–water partition coefficient (Wildman–Crippen LogP) is 7.92. The van der Waals surface area contributed by atoms with Crippen molar-refractivity contribution in [2.75, 3.05) is 7.05 Å². The van der Waals surface area contributed by atoms with Crippen LogP contribution in [0.3, 0.4) is 0 Å². The average Bonchev–Trinajstić information content (AvgIpc) is 3.73. The van der Waals surface area contributed by atoms with Crippen LogP contribution in [0.15, 0.2) is 59.9 Å². The number of hydrogen-bond donors (Lipinski definition) is 1. The van der Waals surface area contributed by atoms with Gasteiger partial charge < -0.3 is 15.0 Å². The van der Waals surface area contributed by atoms with E-state index in [0.717, 1.165) is 59.3 Å². The number of nitrogens with one attached hydrogen (secondary N) is 1. The summed E-state index contributed by atoms with van der Waals surface area (Å²) in [6.45, 7) is 9.91. The zero-order valence-electron chi connectivity index (χ0n) is 27.6. The molecule has 2 bridgehead atoms. The number of carbonyl (C=O) groups excluding carboxylic acids is 2. The summed E-state index contributed by atoms with van der Waals surface area (Å²) < 4.78 is 5.52. The van der Waals surface area contributed by atoms with E-state index in [1.807, 2.05) is 76.3 Å². The Balaban J connectivity index is 1.22. The van der Waals surface area contributed by atoms with Crippen molar-refractivity contribution in [3.05, 3.63) is 82.9 Å². The van der Waals surface area contributed by atoms with Gasteiger partial charge in [-0.05, 0) is 107 Å². The number of nitrogens with zero attached hydrogens (tertiary/aromatic N) is 4. The van der Waals surface area contributed by atoms with Crippen molar-refractivity contribution in [2.45, 2.75) is 95.7 Å². The fourth-order valence-electron chi connectivity index (χ4n) is 7.35. The monoisotopic (exact) mass is 617 g/mol. The molecule has 0 radical (unpaired) electrons. The lowest BCUT2D eigenvalue weighted by Gasteiger charge is -2.41. The van der Waals surface area contributed by atoms with Crippen molar-refractivity contribution >= 4 is 29.5 Å². The lowest BCUT2D eigenvalue weighted by Crippen LogP contribution is -2.53. The van der Waals surface area contributed by atoms with Gasteiger partial charge in [-0.25, -0.2) is 14.8 Å². The minimum absolute atomic E-state index is 0.0742. The molecule has 2 fully saturated rings. The van der Waals surface area contributed by atoms with Gasteiger partial charge in [0.2, 0.25) is 0 Å². The van der Waals surface area contributed by atoms with E-state index in [0.29, 0.717) is 17.7 Å². The number of aliphatic imine (C=N–C) groups is 1. The number of rotatable bonds is 4. The van der Waals surface area contributed by atoms with Gasteiger partial charge in [0.15, 0.2) is 5.82 Å². The van der Waals surface area contributed by atoms with Crippen LogP contribution in [0, 0.1) is 5.92 Å². The van der Waals surface area contributed by atoms with Crippen molar-refractivity contribution in [2.24, 2.45) is 10.9 Å². The Morgan fingerprint density at radius 3 is 2.46 bits per heavy atom. The second kappa shape index (κ2) is 11.2. The fraction of sp³-hybridized carbons (Fsp3) is 0.447. The third-order valence-electron chi connectivity index (χ3n) is 10.2. The molecule has 2 aromatic carbocycles. The maximum absolute atomic E-state index is 13.8. The number of aromatic nitrogens is 2. The van der Waals surface area contributed by atoms with E-state index in [9.17, 15) is 9.59 Å². The van der Waals surface area contributed by atoms with E-state index in [1.54, 1.807) is 0 Å². The van der Waals surface area contributed by atoms with Crippen molar-refractivity contribution in [3.63, 3.8) is 0 Å². The molecule has 3 aromatic rings. The molecular formula is C38H43N5O3. The van der Waals surface area contributed by atoms with Gasteiger partial charge in [-0.15, -0.1) is 0 Å². The summed E-state index contributed by atoms with van der Waals surface area (Å²) in [6, 6.07) is 12.4. The van der Waals surface area contributed by atoms with Crippen LogP contribution in [0.2, 0.25) is 0 Å². The summed E-state index contributed by atoms with van der Waals surface area (Å²) in [6.07, 6.45) is 12.2. The minimum atomic E-state index is -0.599. The normalized spacial score (nSPS) is 25.3. The van der Waals surface area contributed by atoms with Gasteiger partial charge >= 0.3 is 6.09 Å². The summed E-state index contributed by atoms with van der Waals surface area (Å²) in [5.41, 5.74) is 6.87. The van der Waals surface area contributed by atoms with Crippen molar-refractivity contribution in [1.29, 1.82) is 0 Å². The number of allylic oxidation sites excluding steroid dienone is 1. The quantitative estimate of drug-likeness (QED) is 0.321. The maximum atomic E-state index is 13.8. The maximum Gasteiger partial charge on any atom is 0.408 e. The molecule has 2 aliphatic carbocycles. The molecule has 3 heterocycles. The smallest absolute Gasteiger partial charge is 0.408 e. The molecule has 4 aliphatic rings. The van der Waals surface area contributed by atoms with E-state index in [4.69, 9.17) is 19.7 Å². The fourth-order valence-corrected chi connectivity index (χ4v) is 7.35. The zero-order valence-corrected chi connectivity index (χ0v) is 27.6. The SMILES string of the molecule is CC1=Nc2ccc(-c3cnc(C4(NC(=O)OC(C)(C)C)CCC4)nc3)cc2/C=C/[C@@H]2C[C@H]1N(C)C(=O)c1cccc(C3C[C@@H]3C)c12. The first-order valence-corrected chi connectivity index (χ1v) is 16.5. The van der Waals surface area contributed by atoms with E-state index in [1.165, 1.54) is 17.5 Å². The lowest BCUT2D eigenvalue weighted by atomic mass is 9.76. The van der Waals surface area contributed by atoms with E-state index < -0.39 is 17.2 Å². The van der Waals surface area contributed by atoms with Crippen LogP contribution >= 0.6 is 0 Å². The van der Waals surface area contributed by atoms with Crippen molar-refractivity contribution in [3.8, 4) is 11.1 Å². The van der Waals surface area contributed by atoms with Crippen LogP contribution in [0.1, 0.15) is 111 Å². The molecule has 0 saturated heterocycles. The van der Waals surface area contributed by atoms with E-state index in [-0.39, 0.29) is 17.9 Å². The van der Waals surface area contributed by atoms with Crippen molar-refractivity contribution in [1.82, 2.24) is 20.2 Å². The molecule has 2 amide bonds. The van der Waals surface area contributed by atoms with Gasteiger partial charge in [-0.1, -0.05) is 37.3 Å². The summed E-state index contributed by atoms with van der Waals surface area (Å²) in [5, 5.41) is 3.04. The molecule has 1 aromatic heterocycles. The van der Waals surface area contributed by atoms with Gasteiger partial charge in [0.25, 0.3) is 5.91 Å². The molecule has 2 saturated carbocycles. The van der Waals surface area contributed by atoms with Gasteiger partial charge in [0.1, 0.15) is 11.1 Å². The number of benzene rings is 2. The largest absolute Gasteiger partial charge is 0.444 e. The Bertz CT molecular complexity index is 1770. The van der Waals surface area contributed by atoms with E-state index in [2.05, 4.69) is 36.5 Å². The highest BCUT2D eigenvalue weighted by Gasteiger charge is 2.44. The van der Waals surface area contributed by atoms with Gasteiger partial charge in [0.05, 0.1) is 11.7 Å². The van der Waals surface area contributed by atoms with Crippen LogP contribution in [-0.2, 0) is 10.3 Å². The van der Waals surface area contributed by atoms with Crippen LogP contribution in [0.4, 0.5) is 10.5 Å². The second-order valence-electron chi connectivity index (χ2n) is 14.6. The van der Waals surface area contributed by atoms with Crippen LogP contribution in [0.25, 0.3) is 17.2 Å². The Kier molecular flexibility index (Phi) is 7.37. The Labute approximate surface area is 271 Å². The first kappa shape index (κ1) is 30.3. The molecule has 1 unspecified atom stereocenters. The van der Waals surface area contributed by atoms with Crippen LogP contribution in [0.5, 0.6) is 0 Å². The first-order chi connectivity index (χ1) is 21.9. The Morgan fingerprint density at radius 1 is 1.07 bits per heavy atom. The number of ether oxygens (including phenoxy) is 1. The van der Waals surface area contributed by atoms with Crippen molar-refractivity contribution < 1.29 is 14.3 Å². The summed E-state index contributed by atoms with van der Waals surface area (Å²) in [5.74, 6) is 1.94. The zero-order chi connectivity index (χ0) is 32.4. The molecule has 1 N–H and O–H groups in total. The molecule has 0 spiro atoms.